The van der Waals surface area contributed by atoms with Gasteiger partial charge in [0.25, 0.3) is 11.6 Å². The van der Waals surface area contributed by atoms with Crippen molar-refractivity contribution in [3.63, 3.8) is 0 Å². The van der Waals surface area contributed by atoms with Gasteiger partial charge in [0.2, 0.25) is 11.8 Å². The number of rotatable bonds is 8. The molecule has 1 saturated heterocycles. The maximum absolute atomic E-state index is 13.4. The molecule has 1 aliphatic heterocycles. The third-order valence-electron chi connectivity index (χ3n) is 7.50. The first kappa shape index (κ1) is 23.7. The van der Waals surface area contributed by atoms with Crippen LogP contribution in [0.1, 0.15) is 24.8 Å². The van der Waals surface area contributed by atoms with Crippen LogP contribution in [0.3, 0.4) is 0 Å². The number of carbonyl (C=O) groups is 4. The molecule has 1 heterocycles. The molecule has 2 aliphatic carbocycles. The second kappa shape index (κ2) is 9.52. The predicted molar refractivity (Wildman–Crippen MR) is 126 cm³/mol. The number of likely N-dealkylation sites (tertiary alicyclic amines) is 1. The number of benzene rings is 2. The van der Waals surface area contributed by atoms with Crippen molar-refractivity contribution in [2.24, 2.45) is 23.7 Å². The monoisotopic (exact) mass is 491 g/mol. The van der Waals surface area contributed by atoms with E-state index in [0.29, 0.717) is 0 Å². The first-order chi connectivity index (χ1) is 17.3. The highest BCUT2D eigenvalue weighted by Crippen LogP contribution is 2.56. The van der Waals surface area contributed by atoms with Gasteiger partial charge in [-0.25, -0.2) is 4.79 Å². The van der Waals surface area contributed by atoms with Crippen molar-refractivity contribution in [1.82, 2.24) is 4.90 Å². The van der Waals surface area contributed by atoms with Gasteiger partial charge in [0, 0.05) is 24.2 Å². The number of carbonyl (C=O) groups excluding carboxylic acids is 4. The van der Waals surface area contributed by atoms with Crippen LogP contribution in [0.5, 0.6) is 0 Å². The van der Waals surface area contributed by atoms with Crippen molar-refractivity contribution < 1.29 is 28.8 Å². The highest BCUT2D eigenvalue weighted by atomic mass is 16.6. The van der Waals surface area contributed by atoms with Crippen LogP contribution in [0.2, 0.25) is 0 Å². The summed E-state index contributed by atoms with van der Waals surface area (Å²) in [6.07, 6.45) is 2.80. The highest BCUT2D eigenvalue weighted by Gasteiger charge is 2.62. The van der Waals surface area contributed by atoms with Crippen LogP contribution in [0, 0.1) is 33.8 Å². The van der Waals surface area contributed by atoms with Crippen LogP contribution in [0.4, 0.5) is 11.4 Å². The lowest BCUT2D eigenvalue weighted by atomic mass is 9.81. The average molecular weight is 492 g/mol. The number of fused-ring (bicyclic) bond motifs is 5. The van der Waals surface area contributed by atoms with E-state index in [2.05, 4.69) is 5.32 Å². The molecule has 0 radical (unpaired) electrons. The van der Waals surface area contributed by atoms with E-state index in [-0.39, 0.29) is 53.3 Å². The summed E-state index contributed by atoms with van der Waals surface area (Å²) >= 11 is 0. The Morgan fingerprint density at radius 1 is 1.03 bits per heavy atom. The highest BCUT2D eigenvalue weighted by molar-refractivity contribution is 6.08. The minimum Gasteiger partial charge on any atom is -0.454 e. The summed E-state index contributed by atoms with van der Waals surface area (Å²) in [5, 5.41) is 13.4. The number of nitro groups is 1. The minimum atomic E-state index is -1.18. The van der Waals surface area contributed by atoms with Gasteiger partial charge < -0.3 is 10.1 Å². The van der Waals surface area contributed by atoms with E-state index in [1.54, 1.807) is 24.3 Å². The summed E-state index contributed by atoms with van der Waals surface area (Å²) < 4.78 is 5.26. The van der Waals surface area contributed by atoms with Gasteiger partial charge in [-0.3, -0.25) is 29.4 Å². The Morgan fingerprint density at radius 3 is 2.33 bits per heavy atom. The minimum absolute atomic E-state index is 0.0818. The number of hydrogen-bond acceptors (Lipinski definition) is 7. The Balaban J connectivity index is 1.30. The molecule has 3 amide bonds. The standard InChI is InChI=1S/C26H25N3O7/c30-21(27-18-7-4-8-19(13-18)29(34)35)14-36-26(33)20(11-15-5-2-1-3-6-15)28-24(31)22-16-9-10-17(12-16)23(22)25(28)32/h1-8,13,16-17,20,22-23H,9-12,14H2,(H,27,30)/t16-,17-,20-,22-,23-/m0/s1. The Kier molecular flexibility index (Phi) is 6.26. The topological polar surface area (TPSA) is 136 Å². The number of hydrogen-bond donors (Lipinski definition) is 1. The van der Waals surface area contributed by atoms with Gasteiger partial charge in [0.05, 0.1) is 16.8 Å². The lowest BCUT2D eigenvalue weighted by Gasteiger charge is -2.26. The van der Waals surface area contributed by atoms with E-state index in [1.807, 2.05) is 6.07 Å². The van der Waals surface area contributed by atoms with Crippen molar-refractivity contribution in [2.45, 2.75) is 31.7 Å². The second-order valence-corrected chi connectivity index (χ2v) is 9.60. The normalized spacial score (nSPS) is 24.9. The fourth-order valence-electron chi connectivity index (χ4n) is 5.98. The lowest BCUT2D eigenvalue weighted by molar-refractivity contribution is -0.384. The number of amides is 3. The van der Waals surface area contributed by atoms with Crippen LogP contribution >= 0.6 is 0 Å². The molecule has 2 saturated carbocycles. The summed E-state index contributed by atoms with van der Waals surface area (Å²) in [6.45, 7) is -0.666. The summed E-state index contributed by atoms with van der Waals surface area (Å²) in [5.74, 6) is -2.59. The van der Waals surface area contributed by atoms with E-state index in [0.717, 1.165) is 29.7 Å². The molecule has 2 aromatic carbocycles. The molecule has 10 nitrogen and oxygen atoms in total. The number of non-ortho nitro benzene ring substituents is 1. The zero-order valence-corrected chi connectivity index (χ0v) is 19.4. The van der Waals surface area contributed by atoms with E-state index in [4.69, 9.17) is 4.74 Å². The number of anilines is 1. The molecule has 0 spiro atoms. The second-order valence-electron chi connectivity index (χ2n) is 9.60. The summed E-state index contributed by atoms with van der Waals surface area (Å²) in [7, 11) is 0. The fraction of sp³-hybridized carbons (Fsp3) is 0.385. The first-order valence-corrected chi connectivity index (χ1v) is 11.9. The fourth-order valence-corrected chi connectivity index (χ4v) is 5.98. The van der Waals surface area contributed by atoms with Gasteiger partial charge in [0.15, 0.2) is 6.61 Å². The molecule has 0 aromatic heterocycles. The van der Waals surface area contributed by atoms with Crippen LogP contribution < -0.4 is 5.32 Å². The van der Waals surface area contributed by atoms with E-state index in [1.165, 1.54) is 24.3 Å². The molecule has 186 valence electrons. The molecule has 1 N–H and O–H groups in total. The predicted octanol–water partition coefficient (Wildman–Crippen LogP) is 2.72. The molecule has 2 aromatic rings. The smallest absolute Gasteiger partial charge is 0.330 e. The Hall–Kier alpha value is -4.08. The molecule has 2 bridgehead atoms. The quantitative estimate of drug-likeness (QED) is 0.259. The third-order valence-corrected chi connectivity index (χ3v) is 7.50. The average Bonchev–Trinajstić information content (AvgIpc) is 3.56. The van der Waals surface area contributed by atoms with Crippen molar-refractivity contribution >= 4 is 35.1 Å². The number of ether oxygens (including phenoxy) is 1. The Bertz CT molecular complexity index is 1200. The van der Waals surface area contributed by atoms with Crippen molar-refractivity contribution in [1.29, 1.82) is 0 Å². The molecule has 5 rings (SSSR count). The van der Waals surface area contributed by atoms with Gasteiger partial charge in [-0.2, -0.15) is 0 Å². The van der Waals surface area contributed by atoms with Gasteiger partial charge >= 0.3 is 5.97 Å². The zero-order valence-electron chi connectivity index (χ0n) is 19.4. The van der Waals surface area contributed by atoms with Gasteiger partial charge in [0.1, 0.15) is 6.04 Å². The van der Waals surface area contributed by atoms with E-state index < -0.39 is 29.4 Å². The summed E-state index contributed by atoms with van der Waals surface area (Å²) in [4.78, 5) is 63.7. The van der Waals surface area contributed by atoms with Gasteiger partial charge in [-0.15, -0.1) is 0 Å². The maximum Gasteiger partial charge on any atom is 0.330 e. The Labute approximate surface area is 206 Å². The summed E-state index contributed by atoms with van der Waals surface area (Å²) in [6, 6.07) is 13.2. The molecule has 10 heteroatoms. The summed E-state index contributed by atoms with van der Waals surface area (Å²) in [5.41, 5.74) is 0.735. The van der Waals surface area contributed by atoms with Crippen LogP contribution in [0.15, 0.2) is 54.6 Å². The van der Waals surface area contributed by atoms with E-state index >= 15 is 0 Å². The van der Waals surface area contributed by atoms with Crippen LogP contribution in [-0.2, 0) is 30.3 Å². The van der Waals surface area contributed by atoms with Gasteiger partial charge in [-0.1, -0.05) is 36.4 Å². The zero-order chi connectivity index (χ0) is 25.4. The molecular weight excluding hydrogens is 466 g/mol. The lowest BCUT2D eigenvalue weighted by Crippen LogP contribution is -2.48. The Morgan fingerprint density at radius 2 is 1.69 bits per heavy atom. The van der Waals surface area contributed by atoms with Crippen LogP contribution in [0.25, 0.3) is 0 Å². The molecule has 0 unspecified atom stereocenters. The first-order valence-electron chi connectivity index (χ1n) is 11.9. The maximum atomic E-state index is 13.4. The van der Waals surface area contributed by atoms with Crippen molar-refractivity contribution in [2.75, 3.05) is 11.9 Å². The number of nitrogens with zero attached hydrogens (tertiary/aromatic N) is 2. The van der Waals surface area contributed by atoms with Crippen molar-refractivity contribution in [3.05, 3.63) is 70.3 Å². The van der Waals surface area contributed by atoms with Gasteiger partial charge in [-0.05, 0) is 42.7 Å². The van der Waals surface area contributed by atoms with Crippen LogP contribution in [-0.4, -0.2) is 46.2 Å². The number of nitrogens with one attached hydrogen (secondary N) is 1. The van der Waals surface area contributed by atoms with Crippen molar-refractivity contribution in [3.8, 4) is 0 Å². The number of imide groups is 1. The molecule has 5 atom stereocenters. The SMILES string of the molecule is O=C(COC(=O)[C@H](Cc1ccccc1)N1C(=O)[C@H]2[C@H]3CC[C@@H](C3)[C@@H]2C1=O)Nc1cccc([N+](=O)[O-])c1. The third kappa shape index (κ3) is 4.34. The molecular formula is C26H25N3O7. The van der Waals surface area contributed by atoms with E-state index in [9.17, 15) is 29.3 Å². The molecule has 3 fully saturated rings. The number of nitro benzene ring substituents is 1. The largest absolute Gasteiger partial charge is 0.454 e. The molecule has 36 heavy (non-hydrogen) atoms. The number of esters is 1. The molecule has 3 aliphatic rings.